The van der Waals surface area contributed by atoms with Gasteiger partial charge in [-0.15, -0.1) is 11.8 Å². The number of hydrogen-bond acceptors (Lipinski definition) is 14. The molecule has 11 rings (SSSR count). The van der Waals surface area contributed by atoms with Gasteiger partial charge in [0.05, 0.1) is 31.1 Å². The third-order valence-electron chi connectivity index (χ3n) is 13.2. The number of hydrogen-bond donors (Lipinski definition) is 3. The van der Waals surface area contributed by atoms with Crippen LogP contribution in [0.25, 0.3) is 11.0 Å². The van der Waals surface area contributed by atoms with E-state index >= 15 is 0 Å². The third kappa shape index (κ3) is 4.76. The number of carbonyl (C=O) groups excluding carboxylic acids is 2. The van der Waals surface area contributed by atoms with Crippen molar-refractivity contribution in [2.24, 2.45) is 0 Å². The minimum atomic E-state index is -1.47. The van der Waals surface area contributed by atoms with Crippen molar-refractivity contribution in [2.75, 3.05) is 39.9 Å². The minimum Gasteiger partial charge on any atom is -0.504 e. The number of methoxy groups -OCH3 is 1. The lowest BCUT2D eigenvalue weighted by Crippen LogP contribution is -2.69. The van der Waals surface area contributed by atoms with E-state index < -0.39 is 34.8 Å². The number of ether oxygens (including phenoxy) is 5. The molecule has 7 aliphatic heterocycles. The van der Waals surface area contributed by atoms with Gasteiger partial charge in [-0.1, -0.05) is 24.3 Å². The Balaban J connectivity index is 1.25. The van der Waals surface area contributed by atoms with Gasteiger partial charge in [0, 0.05) is 70.0 Å². The maximum Gasteiger partial charge on any atom is 0.335 e. The molecule has 1 spiro atoms. The molecular formula is C42H45N3O10S. The number of aliphatic hydroxyl groups excluding tert-OH is 1. The Morgan fingerprint density at radius 2 is 1.88 bits per heavy atom. The number of thioether (sulfide) groups is 1. The normalized spacial score (nSPS) is 30.3. The zero-order valence-corrected chi connectivity index (χ0v) is 33.0. The molecular weight excluding hydrogens is 739 g/mol. The smallest absolute Gasteiger partial charge is 0.335 e. The number of benzene rings is 3. The maximum absolute atomic E-state index is 15.0. The number of likely N-dealkylation sites (N-methyl/N-ethyl adjacent to an activating group) is 1. The SMILES string of the molecule is COc1c(C)cc2c(c1O)[C@H]1[C@@H]3[C@@H]4SC[C@]5(N[C@@H](CO)Cc6c5oc5ccccc65)C(=O)OC[C@@H](c5c6c(c(C)c(OC(C)=O)c54)OCO6)N3[C@@H](C)[C@H](C2)N1C. The van der Waals surface area contributed by atoms with E-state index in [1.54, 1.807) is 18.9 Å². The van der Waals surface area contributed by atoms with Gasteiger partial charge in [-0.3, -0.25) is 19.9 Å². The van der Waals surface area contributed by atoms with E-state index in [9.17, 15) is 19.8 Å². The molecule has 1 aromatic heterocycles. The molecule has 4 aromatic rings. The highest BCUT2D eigenvalue weighted by molar-refractivity contribution is 7.99. The minimum absolute atomic E-state index is 0.00573. The number of rotatable bonds is 3. The number of para-hydroxylation sites is 1. The number of esters is 2. The number of phenolic OH excluding ortho intramolecular Hbond substituents is 1. The molecule has 0 saturated carbocycles. The standard InChI is InChI=1S/C42H45N3O10S/c1-18-11-22-12-26-20(3)45-27-15-51-41(49)42(40-25(13-23(14-46)43-42)24-9-7-8-10-28(24)55-40)16-56-39(33(45)32(44(26)5)29(22)34(48)35(18)50-6)31-30(27)38-37(52-17-53-38)19(2)36(31)54-21(4)47/h7-11,20,23,26-27,32-33,39,43,46,48H,12-17H2,1-6H3/t20-,23+,26-,27-,32-,33+,39+,42+/m0/s1. The predicted octanol–water partition coefficient (Wildman–Crippen LogP) is 4.88. The summed E-state index contributed by atoms with van der Waals surface area (Å²) in [6.45, 7) is 7.16. The van der Waals surface area contributed by atoms with Crippen molar-refractivity contribution in [3.8, 4) is 28.7 Å². The number of nitrogens with zero attached hydrogens (tertiary/aromatic N) is 2. The van der Waals surface area contributed by atoms with Gasteiger partial charge in [0.25, 0.3) is 0 Å². The van der Waals surface area contributed by atoms with Crippen LogP contribution in [0, 0.1) is 13.8 Å². The van der Waals surface area contributed by atoms with Gasteiger partial charge in [0.1, 0.15) is 23.7 Å². The molecule has 0 amide bonds. The van der Waals surface area contributed by atoms with E-state index in [-0.39, 0.29) is 55.7 Å². The zero-order chi connectivity index (χ0) is 38.9. The Bertz CT molecular complexity index is 2350. The van der Waals surface area contributed by atoms with Crippen LogP contribution in [0.5, 0.6) is 28.7 Å². The van der Waals surface area contributed by atoms with Crippen LogP contribution in [0.15, 0.2) is 34.7 Å². The number of nitrogens with one attached hydrogen (secondary N) is 1. The van der Waals surface area contributed by atoms with Crippen LogP contribution in [0.3, 0.4) is 0 Å². The third-order valence-corrected chi connectivity index (χ3v) is 14.6. The van der Waals surface area contributed by atoms with Crippen LogP contribution in [-0.4, -0.2) is 96.0 Å². The Hall–Kier alpha value is -4.47. The molecule has 56 heavy (non-hydrogen) atoms. The quantitative estimate of drug-likeness (QED) is 0.191. The monoisotopic (exact) mass is 783 g/mol. The van der Waals surface area contributed by atoms with Crippen LogP contribution in [-0.2, 0) is 32.7 Å². The summed E-state index contributed by atoms with van der Waals surface area (Å²) >= 11 is 1.55. The summed E-state index contributed by atoms with van der Waals surface area (Å²) in [4.78, 5) is 32.8. The van der Waals surface area contributed by atoms with E-state index in [1.165, 1.54) is 6.92 Å². The van der Waals surface area contributed by atoms with E-state index in [0.29, 0.717) is 52.7 Å². The van der Waals surface area contributed by atoms with Crippen LogP contribution in [0.4, 0.5) is 0 Å². The molecule has 3 aromatic carbocycles. The lowest BCUT2D eigenvalue weighted by molar-refractivity contribution is -0.159. The van der Waals surface area contributed by atoms with E-state index in [0.717, 1.165) is 38.8 Å². The van der Waals surface area contributed by atoms with Crippen LogP contribution < -0.4 is 24.3 Å². The van der Waals surface area contributed by atoms with E-state index in [2.05, 4.69) is 35.2 Å². The summed E-state index contributed by atoms with van der Waals surface area (Å²) in [7, 11) is 3.69. The second-order valence-electron chi connectivity index (χ2n) is 16.0. The lowest BCUT2D eigenvalue weighted by atomic mass is 9.71. The fourth-order valence-corrected chi connectivity index (χ4v) is 12.6. The molecule has 14 heteroatoms. The average Bonchev–Trinajstić information content (AvgIpc) is 3.82. The molecule has 8 atom stereocenters. The Morgan fingerprint density at radius 1 is 1.09 bits per heavy atom. The highest BCUT2D eigenvalue weighted by Crippen LogP contribution is 2.64. The molecule has 7 aliphatic rings. The van der Waals surface area contributed by atoms with E-state index in [4.69, 9.17) is 28.1 Å². The van der Waals surface area contributed by atoms with Gasteiger partial charge < -0.3 is 38.3 Å². The van der Waals surface area contributed by atoms with Gasteiger partial charge in [0.15, 0.2) is 28.5 Å². The van der Waals surface area contributed by atoms with Gasteiger partial charge in [0.2, 0.25) is 6.79 Å². The first kappa shape index (κ1) is 35.9. The topological polar surface area (TPSA) is 152 Å². The number of fused-ring (bicyclic) bond motifs is 11. The first-order valence-electron chi connectivity index (χ1n) is 19.2. The summed E-state index contributed by atoms with van der Waals surface area (Å²) in [6.07, 6.45) is 1.16. The lowest BCUT2D eigenvalue weighted by Gasteiger charge is -2.63. The van der Waals surface area contributed by atoms with Crippen LogP contribution in [0.1, 0.15) is 75.9 Å². The van der Waals surface area contributed by atoms with Gasteiger partial charge >= 0.3 is 11.9 Å². The molecule has 3 N–H and O–H groups in total. The van der Waals surface area contributed by atoms with Gasteiger partial charge in [-0.25, -0.2) is 4.79 Å². The summed E-state index contributed by atoms with van der Waals surface area (Å²) < 4.78 is 37.5. The highest BCUT2D eigenvalue weighted by atomic mass is 32.2. The maximum atomic E-state index is 15.0. The molecule has 0 radical (unpaired) electrons. The number of phenols is 1. The average molecular weight is 784 g/mol. The summed E-state index contributed by atoms with van der Waals surface area (Å²) in [5, 5.41) is 26.7. The second-order valence-corrected chi connectivity index (χ2v) is 17.2. The van der Waals surface area contributed by atoms with Gasteiger partial charge in [-0.05, 0) is 57.9 Å². The summed E-state index contributed by atoms with van der Waals surface area (Å²) in [5.41, 5.74) is 4.95. The van der Waals surface area contributed by atoms with Crippen molar-refractivity contribution in [1.82, 2.24) is 15.1 Å². The first-order chi connectivity index (χ1) is 27.0. The van der Waals surface area contributed by atoms with Crippen LogP contribution >= 0.6 is 11.8 Å². The Labute approximate surface area is 328 Å². The number of aliphatic hydroxyl groups is 1. The number of aryl methyl sites for hydroxylation is 1. The number of aromatic hydroxyl groups is 1. The fraction of sp³-hybridized carbons (Fsp3) is 0.476. The Morgan fingerprint density at radius 3 is 2.64 bits per heavy atom. The molecule has 13 nitrogen and oxygen atoms in total. The molecule has 0 unspecified atom stereocenters. The van der Waals surface area contributed by atoms with Crippen molar-refractivity contribution in [2.45, 2.75) is 87.6 Å². The highest BCUT2D eigenvalue weighted by Gasteiger charge is 2.61. The fourth-order valence-electron chi connectivity index (χ4n) is 10.9. The largest absolute Gasteiger partial charge is 0.504 e. The number of piperazine rings is 1. The molecule has 4 bridgehead atoms. The van der Waals surface area contributed by atoms with Crippen LogP contribution in [0.2, 0.25) is 0 Å². The summed E-state index contributed by atoms with van der Waals surface area (Å²) in [5.74, 6) is 1.65. The van der Waals surface area contributed by atoms with Gasteiger partial charge in [-0.2, -0.15) is 0 Å². The zero-order valence-electron chi connectivity index (χ0n) is 32.1. The molecule has 294 valence electrons. The van der Waals surface area contributed by atoms with Crippen molar-refractivity contribution < 1.29 is 47.9 Å². The number of furan rings is 1. The summed E-state index contributed by atoms with van der Waals surface area (Å²) in [6, 6.07) is 8.12. The molecule has 2 saturated heterocycles. The van der Waals surface area contributed by atoms with Crippen molar-refractivity contribution >= 4 is 34.7 Å². The van der Waals surface area contributed by atoms with Crippen molar-refractivity contribution in [3.05, 3.63) is 75.0 Å². The second kappa shape index (κ2) is 12.8. The predicted molar refractivity (Wildman–Crippen MR) is 206 cm³/mol. The van der Waals surface area contributed by atoms with Crippen molar-refractivity contribution in [1.29, 1.82) is 0 Å². The van der Waals surface area contributed by atoms with E-state index in [1.807, 2.05) is 38.1 Å². The number of carbonyl (C=O) groups is 2. The molecule has 2 fully saturated rings. The first-order valence-corrected chi connectivity index (χ1v) is 20.2. The molecule has 8 heterocycles. The Kier molecular flexibility index (Phi) is 8.19. The molecule has 0 aliphatic carbocycles. The van der Waals surface area contributed by atoms with Crippen molar-refractivity contribution in [3.63, 3.8) is 0 Å².